The molecular weight excluding hydrogens is 216 g/mol. The minimum atomic E-state index is -0.845. The van der Waals surface area contributed by atoms with Gasteiger partial charge in [-0.3, -0.25) is 4.79 Å². The summed E-state index contributed by atoms with van der Waals surface area (Å²) in [6.07, 6.45) is 1.87. The van der Waals surface area contributed by atoms with Crippen molar-refractivity contribution in [3.63, 3.8) is 0 Å². The number of hydrogen-bond acceptors (Lipinski definition) is 2. The molecule has 4 heteroatoms. The van der Waals surface area contributed by atoms with Gasteiger partial charge in [-0.15, -0.1) is 0 Å². The SMILES string of the molecule is O=C(O)Cc1cc(Cl)c2c(c1)CCCO2. The maximum Gasteiger partial charge on any atom is 0.307 e. The van der Waals surface area contributed by atoms with Crippen LogP contribution in [-0.2, 0) is 17.6 Å². The summed E-state index contributed by atoms with van der Waals surface area (Å²) in [5.41, 5.74) is 1.75. The van der Waals surface area contributed by atoms with Crippen molar-refractivity contribution in [3.05, 3.63) is 28.3 Å². The number of hydrogen-bond donors (Lipinski definition) is 1. The monoisotopic (exact) mass is 226 g/mol. The van der Waals surface area contributed by atoms with Crippen molar-refractivity contribution in [1.29, 1.82) is 0 Å². The molecule has 0 amide bonds. The molecule has 0 fully saturated rings. The number of halogens is 1. The highest BCUT2D eigenvalue weighted by Gasteiger charge is 2.15. The molecular formula is C11H11ClO3. The fourth-order valence-corrected chi connectivity index (χ4v) is 2.09. The lowest BCUT2D eigenvalue weighted by Crippen LogP contribution is -2.10. The van der Waals surface area contributed by atoms with Crippen LogP contribution in [0.5, 0.6) is 5.75 Å². The molecule has 0 saturated carbocycles. The molecule has 0 aliphatic carbocycles. The van der Waals surface area contributed by atoms with Gasteiger partial charge in [0.25, 0.3) is 0 Å². The summed E-state index contributed by atoms with van der Waals surface area (Å²) in [5.74, 6) is -0.125. The lowest BCUT2D eigenvalue weighted by molar-refractivity contribution is -0.136. The first-order chi connectivity index (χ1) is 7.16. The number of benzene rings is 1. The molecule has 1 aromatic carbocycles. The molecule has 0 bridgehead atoms. The minimum absolute atomic E-state index is 0.00694. The van der Waals surface area contributed by atoms with Crippen LogP contribution < -0.4 is 4.74 Å². The Labute approximate surface area is 92.6 Å². The van der Waals surface area contributed by atoms with E-state index < -0.39 is 5.97 Å². The third-order valence-electron chi connectivity index (χ3n) is 2.37. The Hall–Kier alpha value is -1.22. The van der Waals surface area contributed by atoms with Gasteiger partial charge in [0.2, 0.25) is 0 Å². The summed E-state index contributed by atoms with van der Waals surface area (Å²) in [5, 5.41) is 9.20. The van der Waals surface area contributed by atoms with Crippen LogP contribution in [0.4, 0.5) is 0 Å². The number of aryl methyl sites for hydroxylation is 1. The highest BCUT2D eigenvalue weighted by Crippen LogP contribution is 2.34. The molecule has 80 valence electrons. The Morgan fingerprint density at radius 3 is 3.07 bits per heavy atom. The van der Waals surface area contributed by atoms with Gasteiger partial charge in [-0.1, -0.05) is 17.7 Å². The van der Waals surface area contributed by atoms with Crippen molar-refractivity contribution in [2.45, 2.75) is 19.3 Å². The van der Waals surface area contributed by atoms with E-state index in [0.717, 1.165) is 29.7 Å². The average molecular weight is 227 g/mol. The Balaban J connectivity index is 2.36. The fraction of sp³-hybridized carbons (Fsp3) is 0.364. The van der Waals surface area contributed by atoms with Crippen LogP contribution >= 0.6 is 11.6 Å². The summed E-state index contributed by atoms with van der Waals surface area (Å²) < 4.78 is 5.43. The second kappa shape index (κ2) is 4.11. The first-order valence-electron chi connectivity index (χ1n) is 4.82. The van der Waals surface area contributed by atoms with Gasteiger partial charge < -0.3 is 9.84 Å². The van der Waals surface area contributed by atoms with Gasteiger partial charge in [-0.05, 0) is 30.0 Å². The number of aliphatic carboxylic acids is 1. The van der Waals surface area contributed by atoms with Crippen LogP contribution in [0.25, 0.3) is 0 Å². The minimum Gasteiger partial charge on any atom is -0.492 e. The quantitative estimate of drug-likeness (QED) is 0.842. The number of carbonyl (C=O) groups is 1. The zero-order chi connectivity index (χ0) is 10.8. The van der Waals surface area contributed by atoms with E-state index in [4.69, 9.17) is 21.4 Å². The fourth-order valence-electron chi connectivity index (χ4n) is 1.77. The Morgan fingerprint density at radius 2 is 2.33 bits per heavy atom. The van der Waals surface area contributed by atoms with E-state index >= 15 is 0 Å². The van der Waals surface area contributed by atoms with Crippen LogP contribution in [-0.4, -0.2) is 17.7 Å². The van der Waals surface area contributed by atoms with Gasteiger partial charge in [0, 0.05) is 0 Å². The summed E-state index contributed by atoms with van der Waals surface area (Å²) >= 11 is 6.01. The van der Waals surface area contributed by atoms with Crippen molar-refractivity contribution in [2.24, 2.45) is 0 Å². The van der Waals surface area contributed by atoms with E-state index in [2.05, 4.69) is 0 Å². The summed E-state index contributed by atoms with van der Waals surface area (Å²) in [6.45, 7) is 0.686. The molecule has 0 spiro atoms. The first-order valence-corrected chi connectivity index (χ1v) is 5.20. The van der Waals surface area contributed by atoms with Crippen LogP contribution in [0.1, 0.15) is 17.5 Å². The van der Waals surface area contributed by atoms with Gasteiger partial charge in [0.1, 0.15) is 5.75 Å². The molecule has 0 atom stereocenters. The number of ether oxygens (including phenoxy) is 1. The zero-order valence-corrected chi connectivity index (χ0v) is 8.88. The van der Waals surface area contributed by atoms with E-state index in [1.165, 1.54) is 0 Å². The highest BCUT2D eigenvalue weighted by atomic mass is 35.5. The second-order valence-electron chi connectivity index (χ2n) is 3.59. The van der Waals surface area contributed by atoms with Crippen molar-refractivity contribution in [3.8, 4) is 5.75 Å². The Bertz CT molecular complexity index is 401. The number of carboxylic acids is 1. The summed E-state index contributed by atoms with van der Waals surface area (Å²) in [6, 6.07) is 3.54. The number of rotatable bonds is 2. The second-order valence-corrected chi connectivity index (χ2v) is 4.00. The van der Waals surface area contributed by atoms with Crippen LogP contribution in [0.15, 0.2) is 12.1 Å². The number of fused-ring (bicyclic) bond motifs is 1. The van der Waals surface area contributed by atoms with Crippen LogP contribution in [0, 0.1) is 0 Å². The Morgan fingerprint density at radius 1 is 1.53 bits per heavy atom. The first kappa shape index (κ1) is 10.3. The maximum absolute atomic E-state index is 10.6. The van der Waals surface area contributed by atoms with Gasteiger partial charge in [-0.2, -0.15) is 0 Å². The maximum atomic E-state index is 10.6. The van der Waals surface area contributed by atoms with Gasteiger partial charge >= 0.3 is 5.97 Å². The van der Waals surface area contributed by atoms with Crippen molar-refractivity contribution in [2.75, 3.05) is 6.61 Å². The molecule has 3 nitrogen and oxygen atoms in total. The Kier molecular flexibility index (Phi) is 2.82. The highest BCUT2D eigenvalue weighted by molar-refractivity contribution is 6.32. The van der Waals surface area contributed by atoms with E-state index in [-0.39, 0.29) is 6.42 Å². The molecule has 0 aromatic heterocycles. The standard InChI is InChI=1S/C11H11ClO3/c12-9-5-7(6-10(13)14)4-8-2-1-3-15-11(8)9/h4-5H,1-3,6H2,(H,13,14). The van der Waals surface area contributed by atoms with Gasteiger partial charge in [0.05, 0.1) is 18.1 Å². The van der Waals surface area contributed by atoms with Crippen molar-refractivity contribution < 1.29 is 14.6 Å². The smallest absolute Gasteiger partial charge is 0.307 e. The molecule has 0 unspecified atom stereocenters. The third-order valence-corrected chi connectivity index (χ3v) is 2.65. The normalized spacial score (nSPS) is 14.2. The van der Waals surface area contributed by atoms with Crippen LogP contribution in [0.2, 0.25) is 5.02 Å². The predicted molar refractivity (Wildman–Crippen MR) is 56.6 cm³/mol. The van der Waals surface area contributed by atoms with E-state index in [9.17, 15) is 4.79 Å². The lowest BCUT2D eigenvalue weighted by Gasteiger charge is -2.19. The molecule has 2 rings (SSSR count). The predicted octanol–water partition coefficient (Wildman–Crippen LogP) is 2.29. The van der Waals surface area contributed by atoms with Crippen molar-refractivity contribution in [1.82, 2.24) is 0 Å². The van der Waals surface area contributed by atoms with Crippen LogP contribution in [0.3, 0.4) is 0 Å². The third kappa shape index (κ3) is 2.23. The number of carboxylic acid groups (broad SMARTS) is 1. The van der Waals surface area contributed by atoms with E-state index in [0.29, 0.717) is 11.6 Å². The zero-order valence-electron chi connectivity index (χ0n) is 8.12. The molecule has 15 heavy (non-hydrogen) atoms. The van der Waals surface area contributed by atoms with Gasteiger partial charge in [0.15, 0.2) is 0 Å². The van der Waals surface area contributed by atoms with Gasteiger partial charge in [-0.25, -0.2) is 0 Å². The molecule has 1 N–H and O–H groups in total. The summed E-state index contributed by atoms with van der Waals surface area (Å²) in [4.78, 5) is 10.6. The summed E-state index contributed by atoms with van der Waals surface area (Å²) in [7, 11) is 0. The average Bonchev–Trinajstić information content (AvgIpc) is 2.16. The molecule has 1 aliphatic rings. The molecule has 1 heterocycles. The topological polar surface area (TPSA) is 46.5 Å². The van der Waals surface area contributed by atoms with E-state index in [1.807, 2.05) is 6.07 Å². The lowest BCUT2D eigenvalue weighted by atomic mass is 10.0. The van der Waals surface area contributed by atoms with Crippen molar-refractivity contribution >= 4 is 17.6 Å². The molecule has 1 aliphatic heterocycles. The molecule has 0 radical (unpaired) electrons. The molecule has 1 aromatic rings. The van der Waals surface area contributed by atoms with E-state index in [1.54, 1.807) is 6.07 Å². The molecule has 0 saturated heterocycles. The largest absolute Gasteiger partial charge is 0.492 e.